The van der Waals surface area contributed by atoms with Gasteiger partial charge in [0.2, 0.25) is 17.2 Å². The number of benzene rings is 2. The Morgan fingerprint density at radius 3 is 1.88 bits per heavy atom. The molecule has 0 spiro atoms. The molecule has 0 aliphatic rings. The average molecular weight is 517 g/mol. The zero-order chi connectivity index (χ0) is 22.1. The first-order valence-corrected chi connectivity index (χ1v) is 11.0. The van der Waals surface area contributed by atoms with E-state index in [0.29, 0.717) is 0 Å². The van der Waals surface area contributed by atoms with Crippen molar-refractivity contribution in [2.24, 2.45) is 0 Å². The first-order chi connectivity index (χ1) is 13.9. The van der Waals surface area contributed by atoms with Crippen LogP contribution in [0.2, 0.25) is 5.28 Å². The second-order valence-electron chi connectivity index (χ2n) is 5.69. The quantitative estimate of drug-likeness (QED) is 0.161. The van der Waals surface area contributed by atoms with Crippen molar-refractivity contribution >= 4 is 60.8 Å². The fraction of sp³-hybridized carbons (Fsp3) is 0. The van der Waals surface area contributed by atoms with Crippen molar-refractivity contribution in [2.45, 2.75) is 9.79 Å². The molecule has 0 aliphatic heterocycles. The van der Waals surface area contributed by atoms with E-state index in [2.05, 4.69) is 25.6 Å². The molecule has 0 atom stereocenters. The molecule has 2 aromatic carbocycles. The van der Waals surface area contributed by atoms with Crippen molar-refractivity contribution in [3.63, 3.8) is 0 Å². The second-order valence-corrected chi connectivity index (χ2v) is 8.76. The Kier molecular flexibility index (Phi) is 10.3. The smallest absolute Gasteiger partial charge is 0.744 e. The Morgan fingerprint density at radius 2 is 1.38 bits per heavy atom. The fourth-order valence-electron chi connectivity index (χ4n) is 2.30. The molecule has 1 aromatic heterocycles. The molecule has 1 heterocycles. The maximum atomic E-state index is 11.1. The van der Waals surface area contributed by atoms with Crippen molar-refractivity contribution in [1.29, 1.82) is 0 Å². The van der Waals surface area contributed by atoms with E-state index < -0.39 is 30.0 Å². The predicted octanol–water partition coefficient (Wildman–Crippen LogP) is -4.59. The van der Waals surface area contributed by atoms with Crippen LogP contribution in [0.4, 0.5) is 29.0 Å². The maximum Gasteiger partial charge on any atom is 1.00 e. The van der Waals surface area contributed by atoms with Crippen LogP contribution in [-0.4, -0.2) is 40.9 Å². The zero-order valence-corrected chi connectivity index (χ0v) is 23.0. The number of hydrogen-bond acceptors (Lipinski definition) is 12. The van der Waals surface area contributed by atoms with Crippen molar-refractivity contribution in [2.75, 3.05) is 16.4 Å². The van der Waals surface area contributed by atoms with Gasteiger partial charge < -0.3 is 25.5 Å². The maximum absolute atomic E-state index is 11.1. The number of aromatic nitrogens is 3. The van der Waals surface area contributed by atoms with Gasteiger partial charge >= 0.3 is 59.1 Å². The Hall–Kier alpha value is -1.04. The number of nitrogen functional groups attached to an aromatic ring is 1. The number of hydrogen-bond donors (Lipinski definition) is 3. The number of anilines is 5. The van der Waals surface area contributed by atoms with Crippen molar-refractivity contribution in [3.05, 3.63) is 47.7 Å². The Morgan fingerprint density at radius 1 is 0.812 bits per heavy atom. The summed E-state index contributed by atoms with van der Waals surface area (Å²) in [6, 6.07) is 8.54. The number of nitrogens with one attached hydrogen (secondary N) is 2. The largest absolute Gasteiger partial charge is 1.00 e. The molecule has 158 valence electrons. The Balaban J connectivity index is 0.00000256. The first kappa shape index (κ1) is 29.0. The van der Waals surface area contributed by atoms with E-state index in [4.69, 9.17) is 17.3 Å². The molecule has 0 saturated carbocycles. The summed E-state index contributed by atoms with van der Waals surface area (Å²) in [6.07, 6.45) is 0. The van der Waals surface area contributed by atoms with Crippen molar-refractivity contribution < 1.29 is 85.1 Å². The summed E-state index contributed by atoms with van der Waals surface area (Å²) in [7, 11) is -9.38. The van der Waals surface area contributed by atoms with E-state index in [0.717, 1.165) is 18.2 Å². The summed E-state index contributed by atoms with van der Waals surface area (Å²) in [5, 5.41) is 5.18. The summed E-state index contributed by atoms with van der Waals surface area (Å²) in [5.41, 5.74) is 5.77. The van der Waals surface area contributed by atoms with E-state index in [1.807, 2.05) is 0 Å². The average Bonchev–Trinajstić information content (AvgIpc) is 2.59. The van der Waals surface area contributed by atoms with Crippen LogP contribution >= 0.6 is 11.6 Å². The van der Waals surface area contributed by atoms with Crippen LogP contribution in [-0.2, 0) is 20.2 Å². The summed E-state index contributed by atoms with van der Waals surface area (Å²) >= 11 is 5.87. The third-order valence-corrected chi connectivity index (χ3v) is 5.43. The molecule has 4 N–H and O–H groups in total. The summed E-state index contributed by atoms with van der Waals surface area (Å²) in [4.78, 5) is 10.7. The molecule has 0 amide bonds. The zero-order valence-electron chi connectivity index (χ0n) is 16.6. The Bertz CT molecular complexity index is 1340. The molecule has 12 nitrogen and oxygen atoms in total. The topological polar surface area (TPSA) is 203 Å². The van der Waals surface area contributed by atoms with Gasteiger partial charge in [0.25, 0.3) is 0 Å². The van der Waals surface area contributed by atoms with Gasteiger partial charge in [-0.3, -0.25) is 0 Å². The predicted molar refractivity (Wildman–Crippen MR) is 105 cm³/mol. The number of nitrogens with two attached hydrogens (primary N) is 1. The molecule has 0 aliphatic carbocycles. The van der Waals surface area contributed by atoms with Gasteiger partial charge in [0.15, 0.2) is 0 Å². The van der Waals surface area contributed by atoms with Gasteiger partial charge in [-0.25, -0.2) is 16.8 Å². The first-order valence-electron chi connectivity index (χ1n) is 7.79. The van der Waals surface area contributed by atoms with Crippen molar-refractivity contribution in [3.8, 4) is 0 Å². The molecule has 3 aromatic rings. The van der Waals surface area contributed by atoms with Crippen molar-refractivity contribution in [1.82, 2.24) is 15.0 Å². The van der Waals surface area contributed by atoms with Crippen LogP contribution in [0, 0.1) is 0 Å². The minimum atomic E-state index is -4.73. The van der Waals surface area contributed by atoms with E-state index in [-0.39, 0.29) is 93.4 Å². The van der Waals surface area contributed by atoms with Gasteiger partial charge in [-0.1, -0.05) is 6.07 Å². The molecule has 17 heteroatoms. The van der Waals surface area contributed by atoms with Crippen LogP contribution in [0.5, 0.6) is 0 Å². The number of halogens is 1. The van der Waals surface area contributed by atoms with E-state index >= 15 is 0 Å². The SMILES string of the molecule is Nc1cc(Nc2nc(Cl)nc(Nc3cccc(S(=O)(=O)[O-])c3)n2)ccc1S(=O)(=O)[O-].[Na+].[Na+]. The molecule has 0 radical (unpaired) electrons. The standard InChI is InChI=1S/C15H13ClN6O6S2.2Na/c16-13-20-14(18-8-2-1-3-10(6-8)29(23,24)25)22-15(21-13)19-9-4-5-12(11(17)7-9)30(26,27)28;;/h1-7H,17H2,(H,23,24,25)(H,26,27,28)(H2,18,19,20,21,22);;/q;2*+1/p-2. The monoisotopic (exact) mass is 516 g/mol. The van der Waals surface area contributed by atoms with Crippen LogP contribution in [0.15, 0.2) is 52.3 Å². The van der Waals surface area contributed by atoms with Gasteiger partial charge in [0, 0.05) is 11.4 Å². The summed E-state index contributed by atoms with van der Waals surface area (Å²) in [6.45, 7) is 0. The van der Waals surface area contributed by atoms with Gasteiger partial charge in [-0.15, -0.1) is 0 Å². The third-order valence-electron chi connectivity index (χ3n) is 3.52. The van der Waals surface area contributed by atoms with Gasteiger partial charge in [0.05, 0.1) is 15.5 Å². The molecular weight excluding hydrogens is 506 g/mol. The molecule has 32 heavy (non-hydrogen) atoms. The third kappa shape index (κ3) is 7.78. The molecular formula is C15H11ClN6Na2O6S2. The fourth-order valence-corrected chi connectivity index (χ4v) is 3.56. The van der Waals surface area contributed by atoms with Gasteiger partial charge in [-0.05, 0) is 48.0 Å². The van der Waals surface area contributed by atoms with E-state index in [1.54, 1.807) is 0 Å². The van der Waals surface area contributed by atoms with E-state index in [9.17, 15) is 25.9 Å². The summed E-state index contributed by atoms with van der Waals surface area (Å²) < 4.78 is 66.7. The second kappa shape index (κ2) is 11.4. The van der Waals surface area contributed by atoms with Gasteiger partial charge in [-0.2, -0.15) is 15.0 Å². The summed E-state index contributed by atoms with van der Waals surface area (Å²) in [5.74, 6) is -0.146. The molecule has 3 rings (SSSR count). The normalized spacial score (nSPS) is 11.1. The molecule has 0 fully saturated rings. The van der Waals surface area contributed by atoms with Gasteiger partial charge in [0.1, 0.15) is 20.2 Å². The molecule has 0 unspecified atom stereocenters. The molecule has 0 saturated heterocycles. The minimum Gasteiger partial charge on any atom is -0.744 e. The number of rotatable bonds is 6. The minimum absolute atomic E-state index is 0. The van der Waals surface area contributed by atoms with Crippen LogP contribution in [0.3, 0.4) is 0 Å². The number of nitrogens with zero attached hydrogens (tertiary/aromatic N) is 3. The van der Waals surface area contributed by atoms with E-state index in [1.165, 1.54) is 24.3 Å². The van der Waals surface area contributed by atoms with Crippen LogP contribution in [0.1, 0.15) is 0 Å². The van der Waals surface area contributed by atoms with Crippen LogP contribution in [0.25, 0.3) is 0 Å². The molecule has 0 bridgehead atoms. The van der Waals surface area contributed by atoms with Crippen LogP contribution < -0.4 is 75.5 Å². The Labute approximate surface area is 232 Å².